The Hall–Kier alpha value is -3.19. The summed E-state index contributed by atoms with van der Waals surface area (Å²) in [6, 6.07) is 12.7. The van der Waals surface area contributed by atoms with Gasteiger partial charge in [-0.25, -0.2) is 19.1 Å². The van der Waals surface area contributed by atoms with Gasteiger partial charge >= 0.3 is 11.9 Å². The lowest BCUT2D eigenvalue weighted by atomic mass is 10.1. The predicted molar refractivity (Wildman–Crippen MR) is 134 cm³/mol. The van der Waals surface area contributed by atoms with E-state index in [1.165, 1.54) is 28.9 Å². The molecule has 9 nitrogen and oxygen atoms in total. The third kappa shape index (κ3) is 5.78. The topological polar surface area (TPSA) is 111 Å². The van der Waals surface area contributed by atoms with Gasteiger partial charge in [-0.15, -0.1) is 10.2 Å². The molecule has 0 radical (unpaired) electrons. The van der Waals surface area contributed by atoms with Crippen LogP contribution in [0.25, 0.3) is 17.1 Å². The van der Waals surface area contributed by atoms with Crippen LogP contribution in [0.5, 0.6) is 0 Å². The fourth-order valence-electron chi connectivity index (χ4n) is 3.66. The molecule has 4 rings (SSSR count). The largest absolute Gasteiger partial charge is 0.416 e. The summed E-state index contributed by atoms with van der Waals surface area (Å²) in [5.41, 5.74) is -0.168. The molecular formula is C24H23Cl2F3N6O3. The first-order valence-electron chi connectivity index (χ1n) is 11.4. The number of alkyl halides is 3. The zero-order chi connectivity index (χ0) is 27.8. The van der Waals surface area contributed by atoms with Crippen LogP contribution < -0.4 is 5.69 Å². The van der Waals surface area contributed by atoms with E-state index in [1.54, 1.807) is 38.1 Å². The highest BCUT2D eigenvalue weighted by Crippen LogP contribution is 2.27. The van der Waals surface area contributed by atoms with Crippen LogP contribution in [0.3, 0.4) is 0 Å². The molecule has 0 spiro atoms. The van der Waals surface area contributed by atoms with Gasteiger partial charge in [-0.05, 0) is 42.3 Å². The second kappa shape index (κ2) is 10.9. The Morgan fingerprint density at radius 1 is 1.00 bits per heavy atom. The lowest BCUT2D eigenvalue weighted by Crippen LogP contribution is -2.37. The van der Waals surface area contributed by atoms with Crippen molar-refractivity contribution in [2.24, 2.45) is 5.92 Å². The molecule has 0 amide bonds. The van der Waals surface area contributed by atoms with Gasteiger partial charge in [0.15, 0.2) is 23.6 Å². The standard InChI is InChI=1S/C24H23Cl2F3N6O3/c1-13(2)20(37)22-30-19(31-35(22)17-6-4-3-5-16(17)26)12-34-23(38)33(11-18(36)24(27,28)29)21(32-34)14-7-9-15(25)10-8-14/h3-10,13,18,20,36-37H,11-12H2,1-2H3/t18-,20?/m0/s1. The van der Waals surface area contributed by atoms with Crippen LogP contribution in [-0.2, 0) is 13.1 Å². The Labute approximate surface area is 224 Å². The van der Waals surface area contributed by atoms with Crippen molar-refractivity contribution in [3.05, 3.63) is 80.7 Å². The third-order valence-electron chi connectivity index (χ3n) is 5.70. The van der Waals surface area contributed by atoms with Gasteiger partial charge in [-0.3, -0.25) is 4.57 Å². The van der Waals surface area contributed by atoms with Crippen molar-refractivity contribution in [1.82, 2.24) is 29.1 Å². The van der Waals surface area contributed by atoms with Gasteiger partial charge < -0.3 is 10.2 Å². The van der Waals surface area contributed by atoms with Crippen molar-refractivity contribution >= 4 is 23.2 Å². The number of aliphatic hydroxyl groups excluding tert-OH is 2. The van der Waals surface area contributed by atoms with Gasteiger partial charge in [0, 0.05) is 10.6 Å². The lowest BCUT2D eigenvalue weighted by molar-refractivity contribution is -0.207. The molecule has 1 unspecified atom stereocenters. The van der Waals surface area contributed by atoms with Crippen molar-refractivity contribution in [3.8, 4) is 17.1 Å². The Morgan fingerprint density at radius 2 is 1.66 bits per heavy atom. The monoisotopic (exact) mass is 570 g/mol. The second-order valence-electron chi connectivity index (χ2n) is 8.88. The summed E-state index contributed by atoms with van der Waals surface area (Å²) in [5.74, 6) is -0.120. The molecule has 2 N–H and O–H groups in total. The van der Waals surface area contributed by atoms with E-state index in [4.69, 9.17) is 23.2 Å². The molecule has 38 heavy (non-hydrogen) atoms. The van der Waals surface area contributed by atoms with Gasteiger partial charge in [0.05, 0.1) is 17.3 Å². The molecule has 0 fully saturated rings. The zero-order valence-electron chi connectivity index (χ0n) is 20.1. The maximum atomic E-state index is 13.2. The molecule has 2 aromatic carbocycles. The molecule has 0 aliphatic carbocycles. The van der Waals surface area contributed by atoms with Crippen LogP contribution in [-0.4, -0.2) is 51.6 Å². The van der Waals surface area contributed by atoms with Gasteiger partial charge in [0.1, 0.15) is 12.6 Å². The summed E-state index contributed by atoms with van der Waals surface area (Å²) in [5, 5.41) is 29.8. The van der Waals surface area contributed by atoms with Crippen molar-refractivity contribution in [2.45, 2.75) is 45.3 Å². The minimum atomic E-state index is -4.95. The van der Waals surface area contributed by atoms with Gasteiger partial charge in [0.25, 0.3) is 0 Å². The summed E-state index contributed by atoms with van der Waals surface area (Å²) >= 11 is 12.3. The quantitative estimate of drug-likeness (QED) is 0.327. The highest BCUT2D eigenvalue weighted by Gasteiger charge is 2.39. The maximum absolute atomic E-state index is 13.2. The highest BCUT2D eigenvalue weighted by atomic mass is 35.5. The Kier molecular flexibility index (Phi) is 7.98. The molecule has 0 saturated carbocycles. The summed E-state index contributed by atoms with van der Waals surface area (Å²) in [6.07, 6.45) is -8.78. The number of benzene rings is 2. The highest BCUT2D eigenvalue weighted by molar-refractivity contribution is 6.32. The van der Waals surface area contributed by atoms with Crippen LogP contribution in [0.4, 0.5) is 13.2 Å². The minimum Gasteiger partial charge on any atom is -0.385 e. The smallest absolute Gasteiger partial charge is 0.385 e. The number of aromatic nitrogens is 6. The third-order valence-corrected chi connectivity index (χ3v) is 6.27. The molecule has 2 atom stereocenters. The van der Waals surface area contributed by atoms with Gasteiger partial charge in [-0.2, -0.15) is 13.2 Å². The van der Waals surface area contributed by atoms with Crippen molar-refractivity contribution in [2.75, 3.05) is 0 Å². The fraction of sp³-hybridized carbons (Fsp3) is 0.333. The molecule has 2 aromatic heterocycles. The Bertz CT molecular complexity index is 1480. The molecule has 0 bridgehead atoms. The first-order chi connectivity index (χ1) is 17.9. The number of para-hydroxylation sites is 1. The van der Waals surface area contributed by atoms with E-state index < -0.39 is 30.6 Å². The van der Waals surface area contributed by atoms with Crippen LogP contribution >= 0.6 is 23.2 Å². The molecule has 0 aliphatic rings. The van der Waals surface area contributed by atoms with Crippen LogP contribution in [0, 0.1) is 5.92 Å². The minimum absolute atomic E-state index is 0.0606. The number of aliphatic hydroxyl groups is 2. The zero-order valence-corrected chi connectivity index (χ0v) is 21.7. The van der Waals surface area contributed by atoms with E-state index in [1.807, 2.05) is 0 Å². The maximum Gasteiger partial charge on any atom is 0.416 e. The summed E-state index contributed by atoms with van der Waals surface area (Å²) in [7, 11) is 0. The fourth-order valence-corrected chi connectivity index (χ4v) is 4.00. The SMILES string of the molecule is CC(C)C(O)c1nc(Cn2nc(-c3ccc(Cl)cc3)n(C[C@H](O)C(F)(F)F)c2=O)nn1-c1ccccc1Cl. The Morgan fingerprint density at radius 3 is 2.26 bits per heavy atom. The number of hydrogen-bond acceptors (Lipinski definition) is 6. The predicted octanol–water partition coefficient (Wildman–Crippen LogP) is 4.26. The first kappa shape index (κ1) is 27.8. The normalized spacial score (nSPS) is 13.7. The Balaban J connectivity index is 1.80. The van der Waals surface area contributed by atoms with Crippen molar-refractivity contribution < 1.29 is 23.4 Å². The van der Waals surface area contributed by atoms with Crippen LogP contribution in [0.15, 0.2) is 53.3 Å². The number of nitrogens with zero attached hydrogens (tertiary/aromatic N) is 6. The van der Waals surface area contributed by atoms with E-state index in [0.29, 0.717) is 21.3 Å². The van der Waals surface area contributed by atoms with Gasteiger partial charge in [0.2, 0.25) is 0 Å². The first-order valence-corrected chi connectivity index (χ1v) is 12.2. The average Bonchev–Trinajstić information content (AvgIpc) is 3.40. The van der Waals surface area contributed by atoms with E-state index in [9.17, 15) is 28.2 Å². The summed E-state index contributed by atoms with van der Waals surface area (Å²) in [6.45, 7) is 2.17. The van der Waals surface area contributed by atoms with Crippen molar-refractivity contribution in [3.63, 3.8) is 0 Å². The molecular weight excluding hydrogens is 548 g/mol. The van der Waals surface area contributed by atoms with Crippen LogP contribution in [0.2, 0.25) is 10.0 Å². The van der Waals surface area contributed by atoms with Crippen molar-refractivity contribution in [1.29, 1.82) is 0 Å². The molecule has 2 heterocycles. The average molecular weight is 571 g/mol. The number of rotatable bonds is 8. The molecule has 0 aliphatic heterocycles. The lowest BCUT2D eigenvalue weighted by Gasteiger charge is -2.15. The summed E-state index contributed by atoms with van der Waals surface area (Å²) in [4.78, 5) is 17.6. The van der Waals surface area contributed by atoms with E-state index in [-0.39, 0.29) is 29.9 Å². The van der Waals surface area contributed by atoms with E-state index >= 15 is 0 Å². The second-order valence-corrected chi connectivity index (χ2v) is 9.72. The van der Waals surface area contributed by atoms with E-state index in [2.05, 4.69) is 15.2 Å². The van der Waals surface area contributed by atoms with Gasteiger partial charge in [-0.1, -0.05) is 49.2 Å². The van der Waals surface area contributed by atoms with Crippen LogP contribution in [0.1, 0.15) is 31.6 Å². The number of hydrogen-bond donors (Lipinski definition) is 2. The number of halogens is 5. The molecule has 202 valence electrons. The molecule has 4 aromatic rings. The molecule has 14 heteroatoms. The summed E-state index contributed by atoms with van der Waals surface area (Å²) < 4.78 is 42.4. The molecule has 0 saturated heterocycles. The van der Waals surface area contributed by atoms with E-state index in [0.717, 1.165) is 9.25 Å².